The molecule has 0 rings (SSSR count). The Labute approximate surface area is 421 Å². The van der Waals surface area contributed by atoms with Gasteiger partial charge in [0.25, 0.3) is 0 Å². The van der Waals surface area contributed by atoms with Crippen LogP contribution in [0.1, 0.15) is 297 Å². The second-order valence-electron chi connectivity index (χ2n) is 19.5. The highest BCUT2D eigenvalue weighted by molar-refractivity contribution is 5.71. The van der Waals surface area contributed by atoms with Crippen molar-refractivity contribution in [3.63, 3.8) is 0 Å². The molecule has 0 heterocycles. The van der Waals surface area contributed by atoms with Gasteiger partial charge in [0.1, 0.15) is 13.2 Å². The van der Waals surface area contributed by atoms with Crippen molar-refractivity contribution < 1.29 is 28.6 Å². The average Bonchev–Trinajstić information content (AvgIpc) is 3.34. The molecule has 0 aromatic rings. The van der Waals surface area contributed by atoms with Gasteiger partial charge in [0.2, 0.25) is 0 Å². The molecule has 1 unspecified atom stereocenters. The van der Waals surface area contributed by atoms with Gasteiger partial charge in [0, 0.05) is 19.3 Å². The molecule has 0 amide bonds. The number of esters is 3. The van der Waals surface area contributed by atoms with E-state index in [1.807, 2.05) is 6.08 Å². The van der Waals surface area contributed by atoms with Gasteiger partial charge in [0.15, 0.2) is 6.10 Å². The van der Waals surface area contributed by atoms with Crippen LogP contribution in [-0.2, 0) is 28.6 Å². The number of ether oxygens (including phenoxy) is 3. The number of hydrogen-bond acceptors (Lipinski definition) is 6. The van der Waals surface area contributed by atoms with Gasteiger partial charge in [-0.2, -0.15) is 0 Å². The summed E-state index contributed by atoms with van der Waals surface area (Å²) in [6.07, 6.45) is 70.9. The summed E-state index contributed by atoms with van der Waals surface area (Å²) in [5.41, 5.74) is 0. The first-order chi connectivity index (χ1) is 33.5. The molecule has 0 bridgehead atoms. The van der Waals surface area contributed by atoms with Crippen LogP contribution in [0.2, 0.25) is 0 Å². The SMILES string of the molecule is CC/C=C\C/C=C\C/C=C\C/C=C\CCC(=O)OCC(COC(=O)CCCCCCCCCCCCCCCCCCCCCC)OC(=O)CCCCCCCCC/C=C\CCCCCCCC. The summed E-state index contributed by atoms with van der Waals surface area (Å²) in [6, 6.07) is 0. The normalized spacial score (nSPS) is 12.5. The van der Waals surface area contributed by atoms with Gasteiger partial charge in [-0.3, -0.25) is 14.4 Å². The summed E-state index contributed by atoms with van der Waals surface area (Å²) in [5.74, 6) is -0.972. The van der Waals surface area contributed by atoms with Crippen molar-refractivity contribution in [2.24, 2.45) is 0 Å². The van der Waals surface area contributed by atoms with Crippen molar-refractivity contribution >= 4 is 17.9 Å². The summed E-state index contributed by atoms with van der Waals surface area (Å²) in [4.78, 5) is 38.1. The maximum Gasteiger partial charge on any atom is 0.306 e. The van der Waals surface area contributed by atoms with Crippen LogP contribution in [0.4, 0.5) is 0 Å². The van der Waals surface area contributed by atoms with Crippen LogP contribution in [-0.4, -0.2) is 37.2 Å². The van der Waals surface area contributed by atoms with E-state index >= 15 is 0 Å². The number of unbranched alkanes of at least 4 members (excludes halogenated alkanes) is 32. The number of rotatable bonds is 53. The molecule has 0 fully saturated rings. The smallest absolute Gasteiger partial charge is 0.306 e. The van der Waals surface area contributed by atoms with E-state index in [0.29, 0.717) is 19.3 Å². The quantitative estimate of drug-likeness (QED) is 0.0262. The minimum Gasteiger partial charge on any atom is -0.462 e. The van der Waals surface area contributed by atoms with Crippen molar-refractivity contribution in [1.29, 1.82) is 0 Å². The molecule has 0 aromatic carbocycles. The molecular weight excluding hydrogens is 841 g/mol. The molecule has 0 spiro atoms. The molecule has 0 aliphatic carbocycles. The largest absolute Gasteiger partial charge is 0.462 e. The van der Waals surface area contributed by atoms with Gasteiger partial charge < -0.3 is 14.2 Å². The molecule has 6 heteroatoms. The maximum atomic E-state index is 12.8. The number of allylic oxidation sites excluding steroid dienone is 10. The third-order valence-corrected chi connectivity index (χ3v) is 12.8. The highest BCUT2D eigenvalue weighted by atomic mass is 16.6. The van der Waals surface area contributed by atoms with Crippen LogP contribution in [0.5, 0.6) is 0 Å². The summed E-state index contributed by atoms with van der Waals surface area (Å²) in [6.45, 7) is 6.49. The van der Waals surface area contributed by atoms with Gasteiger partial charge >= 0.3 is 17.9 Å². The Morgan fingerprint density at radius 3 is 0.985 bits per heavy atom. The fourth-order valence-electron chi connectivity index (χ4n) is 8.39. The summed E-state index contributed by atoms with van der Waals surface area (Å²) < 4.78 is 16.8. The Bertz CT molecular complexity index is 1230. The van der Waals surface area contributed by atoms with E-state index in [1.165, 1.54) is 186 Å². The molecule has 0 aliphatic rings. The van der Waals surface area contributed by atoms with Crippen LogP contribution in [0.3, 0.4) is 0 Å². The molecule has 0 saturated heterocycles. The molecule has 68 heavy (non-hydrogen) atoms. The molecule has 394 valence electrons. The van der Waals surface area contributed by atoms with E-state index in [2.05, 4.69) is 75.5 Å². The fourth-order valence-corrected chi connectivity index (χ4v) is 8.39. The molecule has 0 aliphatic heterocycles. The zero-order valence-corrected chi connectivity index (χ0v) is 45.1. The van der Waals surface area contributed by atoms with E-state index in [0.717, 1.165) is 64.2 Å². The summed E-state index contributed by atoms with van der Waals surface area (Å²) in [7, 11) is 0. The standard InChI is InChI=1S/C62H110O6/c1-4-7-10-13-16-19-22-25-27-29-30-31-33-34-37-40-43-46-49-52-55-61(64)67-58-59(57-66-60(63)54-51-48-45-42-39-36-24-21-18-15-12-9-6-3)68-62(65)56-53-50-47-44-41-38-35-32-28-26-23-20-17-14-11-8-5-2/h9,12,18,21,26,28,36,39,45,48,59H,4-8,10-11,13-17,19-20,22-25,27,29-35,37-38,40-44,46-47,49-58H2,1-3H3/b12-9-,21-18-,28-26-,39-36-,48-45-. The van der Waals surface area contributed by atoms with Gasteiger partial charge in [-0.15, -0.1) is 0 Å². The van der Waals surface area contributed by atoms with E-state index < -0.39 is 6.10 Å². The van der Waals surface area contributed by atoms with Gasteiger partial charge in [-0.25, -0.2) is 0 Å². The fraction of sp³-hybridized carbons (Fsp3) is 0.790. The van der Waals surface area contributed by atoms with E-state index in [-0.39, 0.29) is 37.5 Å². The number of carbonyl (C=O) groups is 3. The lowest BCUT2D eigenvalue weighted by molar-refractivity contribution is -0.166. The summed E-state index contributed by atoms with van der Waals surface area (Å²) in [5, 5.41) is 0. The van der Waals surface area contributed by atoms with Crippen LogP contribution in [0.25, 0.3) is 0 Å². The van der Waals surface area contributed by atoms with E-state index in [4.69, 9.17) is 14.2 Å². The predicted octanol–water partition coefficient (Wildman–Crippen LogP) is 19.6. The van der Waals surface area contributed by atoms with Crippen molar-refractivity contribution in [2.45, 2.75) is 303 Å². The lowest BCUT2D eigenvalue weighted by Crippen LogP contribution is -2.30. The predicted molar refractivity (Wildman–Crippen MR) is 293 cm³/mol. The third-order valence-electron chi connectivity index (χ3n) is 12.8. The third kappa shape index (κ3) is 54.1. The van der Waals surface area contributed by atoms with Gasteiger partial charge in [0.05, 0.1) is 0 Å². The molecule has 1 atom stereocenters. The maximum absolute atomic E-state index is 12.8. The minimum atomic E-state index is -0.803. The van der Waals surface area contributed by atoms with Crippen molar-refractivity contribution in [1.82, 2.24) is 0 Å². The molecule has 0 saturated carbocycles. The lowest BCUT2D eigenvalue weighted by atomic mass is 10.0. The number of carbonyl (C=O) groups excluding carboxylic acids is 3. The first-order valence-electron chi connectivity index (χ1n) is 29.3. The molecular formula is C62H110O6. The van der Waals surface area contributed by atoms with Crippen LogP contribution in [0.15, 0.2) is 60.8 Å². The Morgan fingerprint density at radius 2 is 0.603 bits per heavy atom. The van der Waals surface area contributed by atoms with E-state index in [9.17, 15) is 14.4 Å². The van der Waals surface area contributed by atoms with Crippen molar-refractivity contribution in [3.05, 3.63) is 60.8 Å². The molecule has 6 nitrogen and oxygen atoms in total. The number of hydrogen-bond donors (Lipinski definition) is 0. The lowest BCUT2D eigenvalue weighted by Gasteiger charge is -2.18. The monoisotopic (exact) mass is 951 g/mol. The van der Waals surface area contributed by atoms with Crippen molar-refractivity contribution in [3.8, 4) is 0 Å². The first-order valence-corrected chi connectivity index (χ1v) is 29.3. The molecule has 0 N–H and O–H groups in total. The van der Waals surface area contributed by atoms with Gasteiger partial charge in [-0.05, 0) is 70.6 Å². The summed E-state index contributed by atoms with van der Waals surface area (Å²) >= 11 is 0. The first kappa shape index (κ1) is 65.1. The Balaban J connectivity index is 4.37. The highest BCUT2D eigenvalue weighted by Gasteiger charge is 2.19. The topological polar surface area (TPSA) is 78.9 Å². The molecule has 0 aromatic heterocycles. The minimum absolute atomic E-state index is 0.0951. The molecule has 0 radical (unpaired) electrons. The van der Waals surface area contributed by atoms with Crippen LogP contribution >= 0.6 is 0 Å². The zero-order valence-electron chi connectivity index (χ0n) is 45.1. The average molecular weight is 952 g/mol. The van der Waals surface area contributed by atoms with Crippen molar-refractivity contribution in [2.75, 3.05) is 13.2 Å². The van der Waals surface area contributed by atoms with Crippen LogP contribution in [0, 0.1) is 0 Å². The van der Waals surface area contributed by atoms with Crippen LogP contribution < -0.4 is 0 Å². The Hall–Kier alpha value is -2.89. The highest BCUT2D eigenvalue weighted by Crippen LogP contribution is 2.17. The zero-order chi connectivity index (χ0) is 49.3. The van der Waals surface area contributed by atoms with Gasteiger partial charge in [-0.1, -0.05) is 268 Å². The van der Waals surface area contributed by atoms with E-state index in [1.54, 1.807) is 0 Å². The Kier molecular flexibility index (Phi) is 54.3. The second kappa shape index (κ2) is 56.7. The second-order valence-corrected chi connectivity index (χ2v) is 19.5. The Morgan fingerprint density at radius 1 is 0.309 bits per heavy atom.